The molecule has 0 aliphatic carbocycles. The average molecular weight is 476 g/mol. The Labute approximate surface area is 199 Å². The highest BCUT2D eigenvalue weighted by atomic mass is 19.3. The van der Waals surface area contributed by atoms with Crippen LogP contribution in [0, 0.1) is 6.92 Å². The van der Waals surface area contributed by atoms with Crippen LogP contribution >= 0.6 is 0 Å². The number of hydrogen-bond acceptors (Lipinski definition) is 7. The number of aromatic nitrogens is 8. The second-order valence-electron chi connectivity index (χ2n) is 8.88. The van der Waals surface area contributed by atoms with E-state index in [0.29, 0.717) is 16.6 Å². The molecule has 11 heteroatoms. The number of benzene rings is 1. The summed E-state index contributed by atoms with van der Waals surface area (Å²) < 4.78 is 34.0. The van der Waals surface area contributed by atoms with Gasteiger partial charge in [-0.1, -0.05) is 6.07 Å². The maximum Gasteiger partial charge on any atom is 0.333 e. The Balaban J connectivity index is 1.30. The zero-order valence-corrected chi connectivity index (χ0v) is 19.1. The summed E-state index contributed by atoms with van der Waals surface area (Å²) in [6.07, 6.45) is 9.48. The number of pyridine rings is 1. The van der Waals surface area contributed by atoms with Gasteiger partial charge >= 0.3 is 5.92 Å². The summed E-state index contributed by atoms with van der Waals surface area (Å²) in [5.74, 6) is -3.98. The van der Waals surface area contributed by atoms with Crippen LogP contribution < -0.4 is 0 Å². The molecule has 0 radical (unpaired) electrons. The van der Waals surface area contributed by atoms with Gasteiger partial charge in [-0.3, -0.25) is 9.67 Å². The Morgan fingerprint density at radius 2 is 1.80 bits per heavy atom. The van der Waals surface area contributed by atoms with Gasteiger partial charge in [0.15, 0.2) is 0 Å². The number of likely N-dealkylation sites (tertiary alicyclic amines) is 1. The van der Waals surface area contributed by atoms with E-state index in [4.69, 9.17) is 0 Å². The fourth-order valence-corrected chi connectivity index (χ4v) is 4.47. The van der Waals surface area contributed by atoms with E-state index < -0.39 is 11.7 Å². The highest BCUT2D eigenvalue weighted by Gasteiger charge is 2.40. The molecule has 0 atom stereocenters. The highest BCUT2D eigenvalue weighted by molar-refractivity contribution is 5.84. The quantitative estimate of drug-likeness (QED) is 0.371. The maximum absolute atomic E-state index is 15.5. The third-order valence-electron chi connectivity index (χ3n) is 6.38. The van der Waals surface area contributed by atoms with Crippen molar-refractivity contribution in [2.24, 2.45) is 0 Å². The molecule has 0 amide bonds. The summed E-state index contributed by atoms with van der Waals surface area (Å²) in [5.41, 5.74) is 2.61. The summed E-state index contributed by atoms with van der Waals surface area (Å²) in [7, 11) is 0. The van der Waals surface area contributed by atoms with Crippen molar-refractivity contribution in [1.29, 1.82) is 0 Å². The number of nitrogens with zero attached hydrogens (tertiary/aromatic N) is 9. The van der Waals surface area contributed by atoms with Crippen LogP contribution in [0.5, 0.6) is 0 Å². The van der Waals surface area contributed by atoms with Crippen LogP contribution in [-0.4, -0.2) is 64.1 Å². The second kappa shape index (κ2) is 8.42. The highest BCUT2D eigenvalue weighted by Crippen LogP contribution is 2.36. The Kier molecular flexibility index (Phi) is 5.21. The Morgan fingerprint density at radius 1 is 0.943 bits per heavy atom. The molecule has 9 nitrogen and oxygen atoms in total. The molecule has 35 heavy (non-hydrogen) atoms. The lowest BCUT2D eigenvalue weighted by Gasteiger charge is -2.15. The second-order valence-corrected chi connectivity index (χ2v) is 8.88. The zero-order chi connectivity index (χ0) is 24.0. The van der Waals surface area contributed by atoms with Crippen LogP contribution in [0.2, 0.25) is 0 Å². The van der Waals surface area contributed by atoms with Gasteiger partial charge in [-0.2, -0.15) is 23.5 Å². The average Bonchev–Trinajstić information content (AvgIpc) is 3.63. The molecule has 0 bridgehead atoms. The zero-order valence-electron chi connectivity index (χ0n) is 19.1. The molecular weight excluding hydrogens is 452 g/mol. The van der Waals surface area contributed by atoms with E-state index in [1.54, 1.807) is 25.4 Å². The number of aryl methyl sites for hydroxylation is 1. The van der Waals surface area contributed by atoms with Gasteiger partial charge in [0, 0.05) is 41.0 Å². The number of hydrogen-bond donors (Lipinski definition) is 0. The lowest BCUT2D eigenvalue weighted by atomic mass is 10.0. The van der Waals surface area contributed by atoms with Crippen molar-refractivity contribution >= 4 is 16.7 Å². The molecule has 1 aliphatic heterocycles. The first kappa shape index (κ1) is 21.7. The van der Waals surface area contributed by atoms with E-state index in [9.17, 15) is 0 Å². The minimum absolute atomic E-state index is 0.0248. The number of rotatable bonds is 6. The van der Waals surface area contributed by atoms with Crippen LogP contribution in [-0.2, 0) is 12.5 Å². The van der Waals surface area contributed by atoms with Gasteiger partial charge in [0.05, 0.1) is 30.1 Å². The van der Waals surface area contributed by atoms with Crippen LogP contribution in [0.15, 0.2) is 49.1 Å². The van der Waals surface area contributed by atoms with E-state index in [1.165, 1.54) is 31.2 Å². The SMILES string of the molecule is Cc1cnc2nnc(C(F)(F)c3ccc4ncc(-c5cnn(CCN6CCCC6)c5)cc4c3)n2n1. The minimum Gasteiger partial charge on any atom is -0.301 e. The van der Waals surface area contributed by atoms with E-state index in [2.05, 4.69) is 35.3 Å². The van der Waals surface area contributed by atoms with Crippen molar-refractivity contribution in [2.45, 2.75) is 32.2 Å². The van der Waals surface area contributed by atoms with Gasteiger partial charge in [0.2, 0.25) is 5.82 Å². The van der Waals surface area contributed by atoms with Crippen molar-refractivity contribution < 1.29 is 8.78 Å². The van der Waals surface area contributed by atoms with Crippen molar-refractivity contribution in [3.8, 4) is 11.1 Å². The van der Waals surface area contributed by atoms with Crippen LogP contribution in [0.3, 0.4) is 0 Å². The lowest BCUT2D eigenvalue weighted by Crippen LogP contribution is -2.24. The molecule has 5 heterocycles. The van der Waals surface area contributed by atoms with Gasteiger partial charge in [0.1, 0.15) is 0 Å². The van der Waals surface area contributed by atoms with Gasteiger partial charge in [-0.05, 0) is 51.1 Å². The monoisotopic (exact) mass is 475 g/mol. The summed E-state index contributed by atoms with van der Waals surface area (Å²) in [4.78, 5) is 10.9. The summed E-state index contributed by atoms with van der Waals surface area (Å²) >= 11 is 0. The van der Waals surface area contributed by atoms with Gasteiger partial charge in [-0.25, -0.2) is 4.98 Å². The first-order chi connectivity index (χ1) is 17.0. The van der Waals surface area contributed by atoms with Crippen LogP contribution in [0.1, 0.15) is 29.9 Å². The van der Waals surface area contributed by atoms with E-state index >= 15 is 8.78 Å². The largest absolute Gasteiger partial charge is 0.333 e. The van der Waals surface area contributed by atoms with Crippen molar-refractivity contribution in [1.82, 2.24) is 44.5 Å². The van der Waals surface area contributed by atoms with Crippen LogP contribution in [0.25, 0.3) is 27.8 Å². The van der Waals surface area contributed by atoms with Crippen molar-refractivity contribution in [3.63, 3.8) is 0 Å². The summed E-state index contributed by atoms with van der Waals surface area (Å²) in [5, 5.41) is 16.6. The van der Waals surface area contributed by atoms with Gasteiger partial charge < -0.3 is 4.90 Å². The molecule has 1 fully saturated rings. The van der Waals surface area contributed by atoms with E-state index in [-0.39, 0.29) is 11.3 Å². The molecule has 4 aromatic heterocycles. The molecule has 1 aromatic carbocycles. The topological polar surface area (TPSA) is 89.9 Å². The summed E-state index contributed by atoms with van der Waals surface area (Å²) in [6, 6.07) is 6.24. The standard InChI is InChI=1S/C24H23F2N9/c1-16-12-28-23-31-30-22(35(23)32-16)24(25,26)20-4-5-21-17(11-20)10-18(13-27-21)19-14-29-34(15-19)9-8-33-6-2-3-7-33/h4-5,10-15H,2-3,6-9H2,1H3. The third-order valence-corrected chi connectivity index (χ3v) is 6.38. The fourth-order valence-electron chi connectivity index (χ4n) is 4.47. The number of halogens is 2. The minimum atomic E-state index is -3.42. The Morgan fingerprint density at radius 3 is 2.66 bits per heavy atom. The molecule has 0 spiro atoms. The van der Waals surface area contributed by atoms with E-state index in [0.717, 1.165) is 41.8 Å². The van der Waals surface area contributed by atoms with Crippen molar-refractivity contribution in [3.05, 3.63) is 66.1 Å². The first-order valence-corrected chi connectivity index (χ1v) is 11.6. The molecule has 5 aromatic rings. The number of alkyl halides is 2. The Bertz CT molecular complexity index is 1520. The third kappa shape index (κ3) is 4.01. The normalized spacial score (nSPS) is 14.9. The molecule has 0 unspecified atom stereocenters. The van der Waals surface area contributed by atoms with Crippen LogP contribution in [0.4, 0.5) is 8.78 Å². The predicted molar refractivity (Wildman–Crippen MR) is 125 cm³/mol. The van der Waals surface area contributed by atoms with Gasteiger partial charge in [0.25, 0.3) is 5.78 Å². The molecular formula is C24H23F2N9. The first-order valence-electron chi connectivity index (χ1n) is 11.6. The van der Waals surface area contributed by atoms with Crippen molar-refractivity contribution in [2.75, 3.05) is 19.6 Å². The molecule has 1 saturated heterocycles. The fraction of sp³-hybridized carbons (Fsp3) is 0.333. The molecule has 1 aliphatic rings. The molecule has 0 saturated carbocycles. The Hall–Kier alpha value is -3.86. The maximum atomic E-state index is 15.5. The number of fused-ring (bicyclic) bond motifs is 2. The molecule has 178 valence electrons. The predicted octanol–water partition coefficient (Wildman–Crippen LogP) is 3.48. The smallest absolute Gasteiger partial charge is 0.301 e. The van der Waals surface area contributed by atoms with E-state index in [1.807, 2.05) is 16.9 Å². The summed E-state index contributed by atoms with van der Waals surface area (Å²) in [6.45, 7) is 5.74. The molecule has 0 N–H and O–H groups in total. The molecule has 6 rings (SSSR count). The van der Waals surface area contributed by atoms with Gasteiger partial charge in [-0.15, -0.1) is 10.2 Å². The lowest BCUT2D eigenvalue weighted by molar-refractivity contribution is 0.0306.